The van der Waals surface area contributed by atoms with Gasteiger partial charge < -0.3 is 20.3 Å². The van der Waals surface area contributed by atoms with Crippen LogP contribution in [0.1, 0.15) is 25.7 Å². The number of nitrogens with zero attached hydrogens (tertiary/aromatic N) is 2. The van der Waals surface area contributed by atoms with Gasteiger partial charge in [0, 0.05) is 35.7 Å². The van der Waals surface area contributed by atoms with Crippen molar-refractivity contribution in [2.24, 2.45) is 0 Å². The van der Waals surface area contributed by atoms with Crippen LogP contribution in [-0.2, 0) is 0 Å². The zero-order valence-corrected chi connectivity index (χ0v) is 17.6. The number of urea groups is 1. The fourth-order valence-electron chi connectivity index (χ4n) is 3.80. The maximum Gasteiger partial charge on any atom is 0.323 e. The molecule has 3 N–H and O–H groups in total. The maximum absolute atomic E-state index is 12.4. The Hall–Kier alpha value is -3.32. The molecular weight excluding hydrogens is 390 g/mol. The van der Waals surface area contributed by atoms with Gasteiger partial charge in [0.15, 0.2) is 0 Å². The lowest BCUT2D eigenvalue weighted by atomic mass is 10.1. The Morgan fingerprint density at radius 2 is 1.77 bits per heavy atom. The summed E-state index contributed by atoms with van der Waals surface area (Å²) in [5.74, 6) is 0.762. The molecule has 31 heavy (non-hydrogen) atoms. The summed E-state index contributed by atoms with van der Waals surface area (Å²) in [5, 5.41) is 12.6. The number of hydrogen-bond acceptors (Lipinski definition) is 4. The van der Waals surface area contributed by atoms with Crippen molar-refractivity contribution < 1.29 is 9.53 Å². The number of ether oxygens (including phenoxy) is 1. The van der Waals surface area contributed by atoms with Gasteiger partial charge >= 0.3 is 6.03 Å². The van der Waals surface area contributed by atoms with Crippen LogP contribution in [0.3, 0.4) is 0 Å². The number of rotatable bonds is 8. The molecule has 2 amide bonds. The third-order valence-electron chi connectivity index (χ3n) is 5.36. The summed E-state index contributed by atoms with van der Waals surface area (Å²) in [6.07, 6.45) is 6.68. The average molecular weight is 420 g/mol. The molecule has 7 heteroatoms. The fraction of sp³-hybridized carbons (Fsp3) is 0.333. The van der Waals surface area contributed by atoms with E-state index in [0.29, 0.717) is 18.0 Å². The van der Waals surface area contributed by atoms with Gasteiger partial charge in [-0.3, -0.25) is 5.10 Å². The summed E-state index contributed by atoms with van der Waals surface area (Å²) in [6.45, 7) is 4.17. The first-order valence-corrected chi connectivity index (χ1v) is 10.9. The first-order chi connectivity index (χ1) is 15.3. The smallest absolute Gasteiger partial charge is 0.323 e. The Labute approximate surface area is 182 Å². The summed E-state index contributed by atoms with van der Waals surface area (Å²) in [6, 6.07) is 16.7. The van der Waals surface area contributed by atoms with Crippen molar-refractivity contribution in [3.63, 3.8) is 0 Å². The van der Waals surface area contributed by atoms with Crippen LogP contribution < -0.4 is 15.4 Å². The van der Waals surface area contributed by atoms with Gasteiger partial charge in [0.1, 0.15) is 5.75 Å². The fourth-order valence-corrected chi connectivity index (χ4v) is 3.80. The van der Waals surface area contributed by atoms with Crippen LogP contribution in [0.5, 0.6) is 5.75 Å². The van der Waals surface area contributed by atoms with E-state index in [1.165, 1.54) is 32.4 Å². The van der Waals surface area contributed by atoms with Crippen molar-refractivity contribution in [3.05, 3.63) is 60.8 Å². The predicted molar refractivity (Wildman–Crippen MR) is 124 cm³/mol. The first kappa shape index (κ1) is 20.9. The molecule has 0 unspecified atom stereocenters. The van der Waals surface area contributed by atoms with E-state index in [2.05, 4.69) is 25.7 Å². The summed E-state index contributed by atoms with van der Waals surface area (Å²) < 4.78 is 5.89. The molecule has 3 aromatic rings. The van der Waals surface area contributed by atoms with Gasteiger partial charge in [-0.2, -0.15) is 5.10 Å². The summed E-state index contributed by atoms with van der Waals surface area (Å²) in [5.41, 5.74) is 3.25. The number of hydrogen-bond donors (Lipinski definition) is 3. The van der Waals surface area contributed by atoms with Gasteiger partial charge in [-0.05, 0) is 62.7 Å². The monoisotopic (exact) mass is 419 g/mol. The number of nitrogens with one attached hydrogen (secondary N) is 3. The number of carbonyl (C=O) groups is 1. The van der Waals surface area contributed by atoms with Crippen molar-refractivity contribution in [3.8, 4) is 17.0 Å². The number of likely N-dealkylation sites (tertiary alicyclic amines) is 1. The maximum atomic E-state index is 12.4. The molecule has 162 valence electrons. The lowest BCUT2D eigenvalue weighted by molar-refractivity contribution is 0.205. The molecule has 1 saturated heterocycles. The number of H-pyrrole nitrogens is 1. The Balaban J connectivity index is 1.25. The predicted octanol–water partition coefficient (Wildman–Crippen LogP) is 4.98. The highest BCUT2D eigenvalue weighted by Gasteiger charge is 2.09. The molecule has 2 aromatic carbocycles. The van der Waals surface area contributed by atoms with Gasteiger partial charge in [0.05, 0.1) is 12.3 Å². The second kappa shape index (κ2) is 10.6. The Bertz CT molecular complexity index is 968. The molecule has 0 aliphatic carbocycles. The van der Waals surface area contributed by atoms with Crippen LogP contribution in [0.15, 0.2) is 60.8 Å². The molecule has 0 bridgehead atoms. The molecular formula is C24H29N5O2. The minimum atomic E-state index is -0.302. The third-order valence-corrected chi connectivity index (χ3v) is 5.36. The van der Waals surface area contributed by atoms with Gasteiger partial charge in [0.2, 0.25) is 0 Å². The second-order valence-electron chi connectivity index (χ2n) is 7.76. The largest absolute Gasteiger partial charge is 0.493 e. The van der Waals surface area contributed by atoms with Gasteiger partial charge in [-0.1, -0.05) is 24.6 Å². The van der Waals surface area contributed by atoms with Crippen molar-refractivity contribution in [1.82, 2.24) is 15.1 Å². The summed E-state index contributed by atoms with van der Waals surface area (Å²) in [4.78, 5) is 14.9. The highest BCUT2D eigenvalue weighted by atomic mass is 16.5. The second-order valence-corrected chi connectivity index (χ2v) is 7.76. The van der Waals surface area contributed by atoms with Crippen molar-refractivity contribution in [2.45, 2.75) is 25.7 Å². The molecule has 1 fully saturated rings. The molecule has 7 nitrogen and oxygen atoms in total. The number of aromatic nitrogens is 2. The van der Waals surface area contributed by atoms with Crippen LogP contribution >= 0.6 is 0 Å². The van der Waals surface area contributed by atoms with E-state index in [4.69, 9.17) is 4.74 Å². The van der Waals surface area contributed by atoms with Gasteiger partial charge in [-0.25, -0.2) is 4.79 Å². The minimum absolute atomic E-state index is 0.302. The third kappa shape index (κ3) is 6.33. The van der Waals surface area contributed by atoms with E-state index in [-0.39, 0.29) is 6.03 Å². The minimum Gasteiger partial charge on any atom is -0.493 e. The highest BCUT2D eigenvalue weighted by Crippen LogP contribution is 2.21. The Morgan fingerprint density at radius 3 is 2.55 bits per heavy atom. The normalized spacial score (nSPS) is 14.2. The molecule has 4 rings (SSSR count). The molecule has 0 spiro atoms. The van der Waals surface area contributed by atoms with Crippen LogP contribution in [0.2, 0.25) is 0 Å². The van der Waals surface area contributed by atoms with Crippen molar-refractivity contribution in [1.29, 1.82) is 0 Å². The van der Waals surface area contributed by atoms with Gasteiger partial charge in [-0.15, -0.1) is 0 Å². The lowest BCUT2D eigenvalue weighted by Gasteiger charge is -2.26. The van der Waals surface area contributed by atoms with E-state index in [9.17, 15) is 4.79 Å². The molecule has 0 saturated carbocycles. The van der Waals surface area contributed by atoms with E-state index < -0.39 is 0 Å². The topological polar surface area (TPSA) is 82.3 Å². The molecule has 0 atom stereocenters. The molecule has 1 aromatic heterocycles. The van der Waals surface area contributed by atoms with Crippen LogP contribution in [0, 0.1) is 0 Å². The zero-order valence-electron chi connectivity index (χ0n) is 17.6. The quantitative estimate of drug-likeness (QED) is 0.450. The van der Waals surface area contributed by atoms with E-state index in [1.54, 1.807) is 6.20 Å². The lowest BCUT2D eigenvalue weighted by Crippen LogP contribution is -2.31. The molecule has 1 aliphatic rings. The molecule has 0 radical (unpaired) electrons. The van der Waals surface area contributed by atoms with Crippen LogP contribution in [0.25, 0.3) is 11.3 Å². The van der Waals surface area contributed by atoms with Crippen LogP contribution in [-0.4, -0.2) is 47.4 Å². The average Bonchev–Trinajstić information content (AvgIpc) is 3.33. The zero-order chi connectivity index (χ0) is 21.3. The van der Waals surface area contributed by atoms with Gasteiger partial charge in [0.25, 0.3) is 0 Å². The Kier molecular flexibility index (Phi) is 7.18. The molecule has 1 aliphatic heterocycles. The van der Waals surface area contributed by atoms with E-state index >= 15 is 0 Å². The number of piperidine rings is 1. The van der Waals surface area contributed by atoms with Crippen molar-refractivity contribution >= 4 is 17.4 Å². The van der Waals surface area contributed by atoms with Crippen LogP contribution in [0.4, 0.5) is 16.2 Å². The number of aromatic amines is 1. The summed E-state index contributed by atoms with van der Waals surface area (Å²) in [7, 11) is 0. The number of benzene rings is 2. The first-order valence-electron chi connectivity index (χ1n) is 10.9. The standard InChI is InChI=1S/C24H29N5O2/c30-24(26-20-8-4-7-19(17-20)23-11-12-25-28-23)27-21-9-5-10-22(18-21)31-16-6-15-29-13-2-1-3-14-29/h4-5,7-12,17-18H,1-3,6,13-16H2,(H,25,28)(H2,26,27,30). The van der Waals surface area contributed by atoms with Crippen molar-refractivity contribution in [2.75, 3.05) is 36.9 Å². The number of amides is 2. The highest BCUT2D eigenvalue weighted by molar-refractivity contribution is 6.00. The van der Waals surface area contributed by atoms with E-state index in [0.717, 1.165) is 30.0 Å². The summed E-state index contributed by atoms with van der Waals surface area (Å²) >= 11 is 0. The number of anilines is 2. The SMILES string of the molecule is O=C(Nc1cccc(OCCCN2CCCCC2)c1)Nc1cccc(-c2ccn[nH]2)c1. The molecule has 2 heterocycles. The number of carbonyl (C=O) groups excluding carboxylic acids is 1. The van der Waals surface area contributed by atoms with E-state index in [1.807, 2.05) is 54.6 Å². The Morgan fingerprint density at radius 1 is 1.00 bits per heavy atom.